The predicted octanol–water partition coefficient (Wildman–Crippen LogP) is 1.55. The summed E-state index contributed by atoms with van der Waals surface area (Å²) in [6.45, 7) is 6.69. The fourth-order valence-corrected chi connectivity index (χ4v) is 1.82. The quantitative estimate of drug-likeness (QED) is 0.844. The molecular weight excluding hydrogens is 206 g/mol. The maximum Gasteiger partial charge on any atom is 0.231 e. The Balaban J connectivity index is 2.19. The van der Waals surface area contributed by atoms with Crippen molar-refractivity contribution in [2.24, 2.45) is 5.73 Å². The lowest BCUT2D eigenvalue weighted by Crippen LogP contribution is -2.24. The van der Waals surface area contributed by atoms with Gasteiger partial charge >= 0.3 is 0 Å². The van der Waals surface area contributed by atoms with Crippen molar-refractivity contribution in [2.45, 2.75) is 51.2 Å². The average Bonchev–Trinajstić information content (AvgIpc) is 2.85. The highest BCUT2D eigenvalue weighted by Crippen LogP contribution is 2.34. The molecule has 1 aliphatic rings. The SMILES string of the molecule is CC(N)C(C)c1nc(C2(C)CCCO2)no1. The van der Waals surface area contributed by atoms with E-state index >= 15 is 0 Å². The smallest absolute Gasteiger partial charge is 0.231 e. The van der Waals surface area contributed by atoms with Crippen molar-refractivity contribution in [3.8, 4) is 0 Å². The summed E-state index contributed by atoms with van der Waals surface area (Å²) in [6, 6.07) is 0.00519. The Morgan fingerprint density at radius 3 is 2.75 bits per heavy atom. The van der Waals surface area contributed by atoms with Gasteiger partial charge in [0.15, 0.2) is 0 Å². The van der Waals surface area contributed by atoms with Gasteiger partial charge in [-0.25, -0.2) is 0 Å². The molecule has 5 heteroatoms. The van der Waals surface area contributed by atoms with Crippen molar-refractivity contribution in [3.05, 3.63) is 11.7 Å². The molecule has 0 saturated carbocycles. The molecule has 0 radical (unpaired) electrons. The first-order valence-electron chi connectivity index (χ1n) is 5.76. The van der Waals surface area contributed by atoms with Crippen molar-refractivity contribution in [1.29, 1.82) is 0 Å². The van der Waals surface area contributed by atoms with Crippen LogP contribution in [0.2, 0.25) is 0 Å². The highest BCUT2D eigenvalue weighted by Gasteiger charge is 2.37. The number of rotatable bonds is 3. The summed E-state index contributed by atoms with van der Waals surface area (Å²) in [5, 5.41) is 4.01. The Kier molecular flexibility index (Phi) is 2.99. The van der Waals surface area contributed by atoms with Crippen LogP contribution in [0.5, 0.6) is 0 Å². The summed E-state index contributed by atoms with van der Waals surface area (Å²) in [7, 11) is 0. The second-order valence-electron chi connectivity index (χ2n) is 4.79. The summed E-state index contributed by atoms with van der Waals surface area (Å²) < 4.78 is 10.9. The Hall–Kier alpha value is -0.940. The van der Waals surface area contributed by atoms with Gasteiger partial charge in [-0.3, -0.25) is 0 Å². The topological polar surface area (TPSA) is 74.2 Å². The van der Waals surface area contributed by atoms with Crippen LogP contribution in [0.15, 0.2) is 4.52 Å². The number of aromatic nitrogens is 2. The molecule has 3 atom stereocenters. The Morgan fingerprint density at radius 2 is 2.19 bits per heavy atom. The standard InChI is InChI=1S/C11H19N3O2/c1-7(8(2)12)9-13-10(14-16-9)11(3)5-4-6-15-11/h7-8H,4-6,12H2,1-3H3. The first kappa shape index (κ1) is 11.5. The van der Waals surface area contributed by atoms with E-state index < -0.39 is 0 Å². The zero-order valence-electron chi connectivity index (χ0n) is 10.1. The maximum atomic E-state index is 5.80. The Morgan fingerprint density at radius 1 is 1.44 bits per heavy atom. The Labute approximate surface area is 95.3 Å². The minimum absolute atomic E-state index is 0.00519. The second-order valence-corrected chi connectivity index (χ2v) is 4.79. The molecule has 0 aliphatic carbocycles. The van der Waals surface area contributed by atoms with Crippen molar-refractivity contribution in [2.75, 3.05) is 6.61 Å². The highest BCUT2D eigenvalue weighted by molar-refractivity contribution is 5.04. The molecule has 1 aromatic rings. The van der Waals surface area contributed by atoms with Gasteiger partial charge in [-0.2, -0.15) is 4.98 Å². The first-order valence-corrected chi connectivity index (χ1v) is 5.76. The van der Waals surface area contributed by atoms with Crippen LogP contribution in [0.3, 0.4) is 0 Å². The third kappa shape index (κ3) is 1.97. The van der Waals surface area contributed by atoms with Crippen LogP contribution in [0.4, 0.5) is 0 Å². The summed E-state index contributed by atoms with van der Waals surface area (Å²) in [5.41, 5.74) is 5.43. The molecule has 2 N–H and O–H groups in total. The fourth-order valence-electron chi connectivity index (χ4n) is 1.82. The van der Waals surface area contributed by atoms with E-state index in [0.29, 0.717) is 11.7 Å². The van der Waals surface area contributed by atoms with Gasteiger partial charge in [0.2, 0.25) is 11.7 Å². The summed E-state index contributed by atoms with van der Waals surface area (Å²) >= 11 is 0. The van der Waals surface area contributed by atoms with Crippen LogP contribution in [0, 0.1) is 0 Å². The molecule has 3 unspecified atom stereocenters. The molecule has 1 aromatic heterocycles. The highest BCUT2D eigenvalue weighted by atomic mass is 16.5. The molecule has 1 saturated heterocycles. The van der Waals surface area contributed by atoms with Gasteiger partial charge in [-0.05, 0) is 26.7 Å². The average molecular weight is 225 g/mol. The fraction of sp³-hybridized carbons (Fsp3) is 0.818. The van der Waals surface area contributed by atoms with Crippen molar-refractivity contribution < 1.29 is 9.26 Å². The van der Waals surface area contributed by atoms with Crippen LogP contribution in [-0.2, 0) is 10.3 Å². The molecule has 0 aromatic carbocycles. The minimum Gasteiger partial charge on any atom is -0.367 e. The van der Waals surface area contributed by atoms with E-state index in [0.717, 1.165) is 19.4 Å². The molecule has 2 rings (SSSR count). The van der Waals surface area contributed by atoms with E-state index in [1.807, 2.05) is 20.8 Å². The minimum atomic E-state index is -0.376. The lowest BCUT2D eigenvalue weighted by atomic mass is 10.0. The van der Waals surface area contributed by atoms with E-state index in [4.69, 9.17) is 15.0 Å². The largest absolute Gasteiger partial charge is 0.367 e. The predicted molar refractivity (Wildman–Crippen MR) is 58.9 cm³/mol. The van der Waals surface area contributed by atoms with Gasteiger partial charge in [-0.1, -0.05) is 12.1 Å². The van der Waals surface area contributed by atoms with E-state index in [1.54, 1.807) is 0 Å². The van der Waals surface area contributed by atoms with Gasteiger partial charge in [0.25, 0.3) is 0 Å². The monoisotopic (exact) mass is 225 g/mol. The molecule has 1 fully saturated rings. The van der Waals surface area contributed by atoms with E-state index in [9.17, 15) is 0 Å². The van der Waals surface area contributed by atoms with Gasteiger partial charge in [0, 0.05) is 12.6 Å². The van der Waals surface area contributed by atoms with Gasteiger partial charge < -0.3 is 15.0 Å². The molecule has 0 amide bonds. The molecule has 90 valence electrons. The molecule has 5 nitrogen and oxygen atoms in total. The molecule has 0 bridgehead atoms. The van der Waals surface area contributed by atoms with E-state index in [-0.39, 0.29) is 17.6 Å². The number of nitrogens with two attached hydrogens (primary N) is 1. The van der Waals surface area contributed by atoms with Crippen molar-refractivity contribution in [1.82, 2.24) is 10.1 Å². The van der Waals surface area contributed by atoms with Crippen LogP contribution in [0.25, 0.3) is 0 Å². The van der Waals surface area contributed by atoms with Crippen LogP contribution in [-0.4, -0.2) is 22.8 Å². The molecular formula is C11H19N3O2. The number of ether oxygens (including phenoxy) is 1. The zero-order chi connectivity index (χ0) is 11.8. The van der Waals surface area contributed by atoms with Gasteiger partial charge in [-0.15, -0.1) is 0 Å². The first-order chi connectivity index (χ1) is 7.53. The normalized spacial score (nSPS) is 29.2. The van der Waals surface area contributed by atoms with Gasteiger partial charge in [0.1, 0.15) is 5.60 Å². The second kappa shape index (κ2) is 4.14. The number of hydrogen-bond donors (Lipinski definition) is 1. The third-order valence-electron chi connectivity index (χ3n) is 3.31. The van der Waals surface area contributed by atoms with E-state index in [2.05, 4.69) is 10.1 Å². The lowest BCUT2D eigenvalue weighted by Gasteiger charge is -2.17. The molecule has 16 heavy (non-hydrogen) atoms. The molecule has 1 aliphatic heterocycles. The van der Waals surface area contributed by atoms with Crippen molar-refractivity contribution >= 4 is 0 Å². The van der Waals surface area contributed by atoms with Crippen LogP contribution < -0.4 is 5.73 Å². The summed E-state index contributed by atoms with van der Waals surface area (Å²) in [4.78, 5) is 4.40. The number of nitrogens with zero attached hydrogens (tertiary/aromatic N) is 2. The summed E-state index contributed by atoms with van der Waals surface area (Å²) in [6.07, 6.45) is 1.99. The van der Waals surface area contributed by atoms with E-state index in [1.165, 1.54) is 0 Å². The van der Waals surface area contributed by atoms with Crippen molar-refractivity contribution in [3.63, 3.8) is 0 Å². The van der Waals surface area contributed by atoms with Crippen LogP contribution in [0.1, 0.15) is 51.2 Å². The maximum absolute atomic E-state index is 5.80. The van der Waals surface area contributed by atoms with Gasteiger partial charge in [0.05, 0.1) is 5.92 Å². The molecule has 0 spiro atoms. The Bertz CT molecular complexity index is 356. The lowest BCUT2D eigenvalue weighted by molar-refractivity contribution is 0.00768. The molecule has 2 heterocycles. The zero-order valence-corrected chi connectivity index (χ0v) is 10.1. The van der Waals surface area contributed by atoms with Crippen LogP contribution >= 0.6 is 0 Å². The number of hydrogen-bond acceptors (Lipinski definition) is 5. The summed E-state index contributed by atoms with van der Waals surface area (Å²) in [5.74, 6) is 1.32. The third-order valence-corrected chi connectivity index (χ3v) is 3.31.